The molecular formula is C23H22ClN5O3. The maximum Gasteiger partial charge on any atom is 0.294 e. The Kier molecular flexibility index (Phi) is 5.65. The smallest absolute Gasteiger partial charge is 0.294 e. The zero-order valence-corrected chi connectivity index (χ0v) is 18.1. The van der Waals surface area contributed by atoms with E-state index in [1.54, 1.807) is 12.1 Å². The highest BCUT2D eigenvalue weighted by Gasteiger charge is 2.21. The molecule has 2 N–H and O–H groups in total. The number of anilines is 1. The zero-order chi connectivity index (χ0) is 22.1. The normalized spacial score (nSPS) is 15.4. The highest BCUT2D eigenvalue weighted by atomic mass is 35.5. The van der Waals surface area contributed by atoms with E-state index in [1.807, 2.05) is 36.4 Å². The number of hydrogen-bond acceptors (Lipinski definition) is 6. The highest BCUT2D eigenvalue weighted by molar-refractivity contribution is 6.33. The summed E-state index contributed by atoms with van der Waals surface area (Å²) in [5.41, 5.74) is 1.85. The molecule has 164 valence electrons. The molecule has 8 nitrogen and oxygen atoms in total. The van der Waals surface area contributed by atoms with Crippen molar-refractivity contribution in [2.45, 2.75) is 6.54 Å². The van der Waals surface area contributed by atoms with Crippen LogP contribution in [0.25, 0.3) is 22.1 Å². The van der Waals surface area contributed by atoms with Crippen LogP contribution in [0.1, 0.15) is 5.82 Å². The molecule has 1 fully saturated rings. The van der Waals surface area contributed by atoms with Gasteiger partial charge in [0, 0.05) is 31.6 Å². The lowest BCUT2D eigenvalue weighted by Gasteiger charge is -2.33. The molecule has 0 atom stereocenters. The van der Waals surface area contributed by atoms with Crippen LogP contribution in [0.15, 0.2) is 57.7 Å². The van der Waals surface area contributed by atoms with Gasteiger partial charge in [0.15, 0.2) is 0 Å². The number of H-pyrrole nitrogens is 1. The van der Waals surface area contributed by atoms with Gasteiger partial charge in [0.25, 0.3) is 5.56 Å². The Bertz CT molecular complexity index is 1340. The molecule has 2 aromatic carbocycles. The van der Waals surface area contributed by atoms with Crippen molar-refractivity contribution in [3.8, 4) is 0 Å². The van der Waals surface area contributed by atoms with Crippen molar-refractivity contribution in [1.82, 2.24) is 19.8 Å². The summed E-state index contributed by atoms with van der Waals surface area (Å²) in [6, 6.07) is 14.7. The topological polar surface area (TPSA) is 94.5 Å². The van der Waals surface area contributed by atoms with Crippen LogP contribution in [0.5, 0.6) is 0 Å². The zero-order valence-electron chi connectivity index (χ0n) is 17.3. The fourth-order valence-corrected chi connectivity index (χ4v) is 4.18. The summed E-state index contributed by atoms with van der Waals surface area (Å²) in [6.45, 7) is 3.88. The standard InChI is InChI=1S/C23H22ClN5O3/c24-16-6-2-3-7-17(16)25-20(30)14-29-11-9-28(10-12-29)13-19-26-21-15-5-1-4-8-18(15)32-22(21)23(31)27-19/h1-8H,9-14H2,(H,25,30)(H,26,27,31). The van der Waals surface area contributed by atoms with Gasteiger partial charge in [-0.2, -0.15) is 0 Å². The minimum Gasteiger partial charge on any atom is -0.449 e. The second-order valence-electron chi connectivity index (χ2n) is 7.87. The molecule has 0 radical (unpaired) electrons. The van der Waals surface area contributed by atoms with Gasteiger partial charge in [-0.05, 0) is 24.3 Å². The van der Waals surface area contributed by atoms with Gasteiger partial charge in [-0.15, -0.1) is 0 Å². The Morgan fingerprint density at radius 1 is 1.06 bits per heavy atom. The average Bonchev–Trinajstić information content (AvgIpc) is 3.16. The van der Waals surface area contributed by atoms with E-state index in [4.69, 9.17) is 16.0 Å². The van der Waals surface area contributed by atoms with Gasteiger partial charge < -0.3 is 14.7 Å². The highest BCUT2D eigenvalue weighted by Crippen LogP contribution is 2.24. The molecule has 3 heterocycles. The lowest BCUT2D eigenvalue weighted by atomic mass is 10.2. The maximum absolute atomic E-state index is 12.5. The van der Waals surface area contributed by atoms with Gasteiger partial charge in [-0.1, -0.05) is 35.9 Å². The minimum atomic E-state index is -0.268. The Morgan fingerprint density at radius 3 is 2.59 bits per heavy atom. The first-order chi connectivity index (χ1) is 15.6. The Balaban J connectivity index is 1.20. The summed E-state index contributed by atoms with van der Waals surface area (Å²) in [4.78, 5) is 36.7. The number of nitrogens with one attached hydrogen (secondary N) is 2. The molecule has 0 spiro atoms. The van der Waals surface area contributed by atoms with Crippen LogP contribution < -0.4 is 10.9 Å². The number of carbonyl (C=O) groups is 1. The van der Waals surface area contributed by atoms with E-state index < -0.39 is 0 Å². The molecule has 0 aliphatic carbocycles. The van der Waals surface area contributed by atoms with Crippen molar-refractivity contribution >= 4 is 45.3 Å². The molecule has 4 aromatic rings. The molecule has 5 rings (SSSR count). The number of benzene rings is 2. The fraction of sp³-hybridized carbons (Fsp3) is 0.261. The number of carbonyl (C=O) groups excluding carboxylic acids is 1. The van der Waals surface area contributed by atoms with Crippen molar-refractivity contribution in [3.63, 3.8) is 0 Å². The van der Waals surface area contributed by atoms with Crippen LogP contribution in [-0.2, 0) is 11.3 Å². The number of aromatic nitrogens is 2. The number of nitrogens with zero attached hydrogens (tertiary/aromatic N) is 3. The van der Waals surface area contributed by atoms with Gasteiger partial charge in [0.2, 0.25) is 11.5 Å². The number of halogens is 1. The summed E-state index contributed by atoms with van der Waals surface area (Å²) in [5, 5.41) is 4.22. The first-order valence-corrected chi connectivity index (χ1v) is 10.8. The van der Waals surface area contributed by atoms with Crippen molar-refractivity contribution < 1.29 is 9.21 Å². The van der Waals surface area contributed by atoms with E-state index >= 15 is 0 Å². The van der Waals surface area contributed by atoms with Crippen molar-refractivity contribution in [2.75, 3.05) is 38.0 Å². The van der Waals surface area contributed by atoms with Gasteiger partial charge in [0.1, 0.15) is 16.9 Å². The van der Waals surface area contributed by atoms with E-state index in [-0.39, 0.29) is 17.0 Å². The van der Waals surface area contributed by atoms with E-state index in [0.717, 1.165) is 31.6 Å². The van der Waals surface area contributed by atoms with Crippen LogP contribution in [0.4, 0.5) is 5.69 Å². The van der Waals surface area contributed by atoms with Gasteiger partial charge in [-0.25, -0.2) is 4.98 Å². The number of furan rings is 1. The molecule has 32 heavy (non-hydrogen) atoms. The number of amides is 1. The summed E-state index contributed by atoms with van der Waals surface area (Å²) in [5.74, 6) is 0.522. The molecule has 9 heteroatoms. The molecule has 0 bridgehead atoms. The summed E-state index contributed by atoms with van der Waals surface area (Å²) in [6.07, 6.45) is 0. The fourth-order valence-electron chi connectivity index (χ4n) is 4.00. The van der Waals surface area contributed by atoms with Crippen molar-refractivity contribution in [2.24, 2.45) is 0 Å². The van der Waals surface area contributed by atoms with Crippen LogP contribution in [0.2, 0.25) is 5.02 Å². The molecule has 2 aromatic heterocycles. The van der Waals surface area contributed by atoms with Crippen LogP contribution >= 0.6 is 11.6 Å². The van der Waals surface area contributed by atoms with Crippen LogP contribution in [0, 0.1) is 0 Å². The van der Waals surface area contributed by atoms with Crippen LogP contribution in [-0.4, -0.2) is 58.4 Å². The number of rotatable bonds is 5. The van der Waals surface area contributed by atoms with Crippen molar-refractivity contribution in [3.05, 3.63) is 69.7 Å². The summed E-state index contributed by atoms with van der Waals surface area (Å²) < 4.78 is 5.66. The first kappa shape index (κ1) is 20.7. The van der Waals surface area contributed by atoms with Gasteiger partial charge in [-0.3, -0.25) is 19.4 Å². The quantitative estimate of drug-likeness (QED) is 0.484. The van der Waals surface area contributed by atoms with Crippen molar-refractivity contribution in [1.29, 1.82) is 0 Å². The number of aromatic amines is 1. The monoisotopic (exact) mass is 451 g/mol. The molecule has 1 aliphatic heterocycles. The Morgan fingerprint density at radius 2 is 1.78 bits per heavy atom. The number of hydrogen-bond donors (Lipinski definition) is 2. The maximum atomic E-state index is 12.5. The summed E-state index contributed by atoms with van der Waals surface area (Å²) in [7, 11) is 0. The lowest BCUT2D eigenvalue weighted by Crippen LogP contribution is -2.48. The van der Waals surface area contributed by atoms with E-state index in [0.29, 0.717) is 40.7 Å². The largest absolute Gasteiger partial charge is 0.449 e. The van der Waals surface area contributed by atoms with Crippen LogP contribution in [0.3, 0.4) is 0 Å². The third-order valence-electron chi connectivity index (χ3n) is 5.63. The second kappa shape index (κ2) is 8.74. The third kappa shape index (κ3) is 4.25. The molecule has 0 unspecified atom stereocenters. The third-order valence-corrected chi connectivity index (χ3v) is 5.96. The van der Waals surface area contributed by atoms with E-state index in [9.17, 15) is 9.59 Å². The van der Waals surface area contributed by atoms with Gasteiger partial charge >= 0.3 is 0 Å². The SMILES string of the molecule is O=C(CN1CCN(Cc2nc3c(oc4ccccc43)c(=O)[nH]2)CC1)Nc1ccccc1Cl. The van der Waals surface area contributed by atoms with E-state index in [1.165, 1.54) is 0 Å². The number of para-hydroxylation sites is 2. The first-order valence-electron chi connectivity index (χ1n) is 10.5. The Hall–Kier alpha value is -3.20. The van der Waals surface area contributed by atoms with E-state index in [2.05, 4.69) is 25.1 Å². The lowest BCUT2D eigenvalue weighted by molar-refractivity contribution is -0.117. The molecule has 1 aliphatic rings. The number of piperazine rings is 1. The molecule has 0 saturated carbocycles. The Labute approximate surface area is 188 Å². The summed E-state index contributed by atoms with van der Waals surface area (Å²) >= 11 is 6.11. The minimum absolute atomic E-state index is 0.0881. The predicted molar refractivity (Wildman–Crippen MR) is 124 cm³/mol. The second-order valence-corrected chi connectivity index (χ2v) is 8.28. The average molecular weight is 452 g/mol. The van der Waals surface area contributed by atoms with Gasteiger partial charge in [0.05, 0.1) is 23.8 Å². The number of fused-ring (bicyclic) bond motifs is 3. The molecule has 1 amide bonds. The molecular weight excluding hydrogens is 430 g/mol. The molecule has 1 saturated heterocycles. The predicted octanol–water partition coefficient (Wildman–Crippen LogP) is 3.08.